The molecule has 0 spiro atoms. The van der Waals surface area contributed by atoms with Gasteiger partial charge in [0, 0.05) is 18.3 Å². The highest BCUT2D eigenvalue weighted by atomic mass is 16.5. The fourth-order valence-electron chi connectivity index (χ4n) is 2.99. The van der Waals surface area contributed by atoms with Crippen LogP contribution in [-0.4, -0.2) is 29.1 Å². The highest BCUT2D eigenvalue weighted by Crippen LogP contribution is 2.24. The molecule has 2 aromatic rings. The molecule has 0 aliphatic heterocycles. The third-order valence-electron chi connectivity index (χ3n) is 4.07. The Morgan fingerprint density at radius 1 is 1.16 bits per heavy atom. The monoisotopic (exact) mass is 342 g/mol. The molecular weight excluding hydrogens is 316 g/mol. The van der Waals surface area contributed by atoms with Crippen molar-refractivity contribution >= 4 is 11.9 Å². The molecule has 0 saturated carbocycles. The number of rotatable bonds is 6. The van der Waals surface area contributed by atoms with E-state index in [9.17, 15) is 9.59 Å². The quantitative estimate of drug-likeness (QED) is 0.818. The van der Waals surface area contributed by atoms with Crippen LogP contribution in [0.2, 0.25) is 0 Å². The maximum atomic E-state index is 12.6. The Kier molecular flexibility index (Phi) is 6.02. The van der Waals surface area contributed by atoms with Gasteiger partial charge in [-0.1, -0.05) is 30.3 Å². The minimum Gasteiger partial charge on any atom is -0.461 e. The molecule has 0 atom stereocenters. The zero-order valence-corrected chi connectivity index (χ0v) is 15.6. The molecule has 2 rings (SSSR count). The summed E-state index contributed by atoms with van der Waals surface area (Å²) < 4.78 is 7.10. The van der Waals surface area contributed by atoms with Crippen LogP contribution in [0.5, 0.6) is 0 Å². The normalized spacial score (nSPS) is 10.8. The second kappa shape index (κ2) is 8.01. The topological polar surface area (TPSA) is 60.3 Å². The van der Waals surface area contributed by atoms with Crippen LogP contribution in [0.1, 0.15) is 58.4 Å². The number of ether oxygens (including phenoxy) is 1. The Bertz CT molecular complexity index is 761. The fraction of sp³-hybridized carbons (Fsp3) is 0.400. The maximum absolute atomic E-state index is 12.6. The molecule has 0 bridgehead atoms. The van der Waals surface area contributed by atoms with Gasteiger partial charge in [0.25, 0.3) is 5.91 Å². The highest BCUT2D eigenvalue weighted by molar-refractivity contribution is 6.01. The number of nitrogens with zero attached hydrogens (tertiary/aromatic N) is 1. The summed E-state index contributed by atoms with van der Waals surface area (Å²) in [7, 11) is 0. The summed E-state index contributed by atoms with van der Waals surface area (Å²) in [6, 6.07) is 9.88. The van der Waals surface area contributed by atoms with Gasteiger partial charge < -0.3 is 14.6 Å². The maximum Gasteiger partial charge on any atom is 0.355 e. The molecule has 0 unspecified atom stereocenters. The molecule has 25 heavy (non-hydrogen) atoms. The van der Waals surface area contributed by atoms with Crippen LogP contribution >= 0.6 is 0 Å². The number of nitrogens with one attached hydrogen (secondary N) is 1. The van der Waals surface area contributed by atoms with Gasteiger partial charge in [0.15, 0.2) is 0 Å². The molecule has 0 aliphatic carbocycles. The number of hydrogen-bond donors (Lipinski definition) is 1. The summed E-state index contributed by atoms with van der Waals surface area (Å²) >= 11 is 0. The van der Waals surface area contributed by atoms with E-state index in [1.807, 2.05) is 55.7 Å². The SMILES string of the molecule is CCOC(=O)c1c(C)c(C(=O)NC(C)C)c(C)n1Cc1ccccc1. The standard InChI is InChI=1S/C20H26N2O3/c1-6-25-20(24)18-14(4)17(19(23)21-13(2)3)15(5)22(18)12-16-10-8-7-9-11-16/h7-11,13H,6,12H2,1-5H3,(H,21,23). The van der Waals surface area contributed by atoms with Crippen LogP contribution in [0.3, 0.4) is 0 Å². The first-order valence-electron chi connectivity index (χ1n) is 8.58. The first-order valence-corrected chi connectivity index (χ1v) is 8.58. The van der Waals surface area contributed by atoms with E-state index >= 15 is 0 Å². The molecule has 134 valence electrons. The number of hydrogen-bond acceptors (Lipinski definition) is 3. The van der Waals surface area contributed by atoms with Crippen LogP contribution in [-0.2, 0) is 11.3 Å². The van der Waals surface area contributed by atoms with Crippen molar-refractivity contribution in [3.8, 4) is 0 Å². The van der Waals surface area contributed by atoms with Crippen LogP contribution in [0, 0.1) is 13.8 Å². The lowest BCUT2D eigenvalue weighted by molar-refractivity contribution is 0.0513. The van der Waals surface area contributed by atoms with Gasteiger partial charge in [-0.25, -0.2) is 4.79 Å². The van der Waals surface area contributed by atoms with Gasteiger partial charge in [0.1, 0.15) is 5.69 Å². The lowest BCUT2D eigenvalue weighted by Crippen LogP contribution is -2.30. The lowest BCUT2D eigenvalue weighted by atomic mass is 10.1. The number of aromatic nitrogens is 1. The molecule has 0 fully saturated rings. The Morgan fingerprint density at radius 3 is 2.36 bits per heavy atom. The second-order valence-electron chi connectivity index (χ2n) is 6.35. The van der Waals surface area contributed by atoms with Crippen molar-refractivity contribution in [1.29, 1.82) is 0 Å². The van der Waals surface area contributed by atoms with E-state index in [2.05, 4.69) is 5.32 Å². The Morgan fingerprint density at radius 2 is 1.80 bits per heavy atom. The van der Waals surface area contributed by atoms with Gasteiger partial charge in [-0.2, -0.15) is 0 Å². The van der Waals surface area contributed by atoms with Gasteiger partial charge in [-0.3, -0.25) is 4.79 Å². The first-order chi connectivity index (χ1) is 11.9. The molecular formula is C20H26N2O3. The van der Waals surface area contributed by atoms with Crippen LogP contribution in [0.15, 0.2) is 30.3 Å². The molecule has 5 nitrogen and oxygen atoms in total. The van der Waals surface area contributed by atoms with E-state index in [0.717, 1.165) is 11.3 Å². The molecule has 1 amide bonds. The molecule has 0 radical (unpaired) electrons. The van der Waals surface area contributed by atoms with Gasteiger partial charge in [0.2, 0.25) is 0 Å². The predicted molar refractivity (Wildman–Crippen MR) is 98.0 cm³/mol. The van der Waals surface area contributed by atoms with Gasteiger partial charge in [-0.15, -0.1) is 0 Å². The van der Waals surface area contributed by atoms with Crippen molar-refractivity contribution in [3.63, 3.8) is 0 Å². The highest BCUT2D eigenvalue weighted by Gasteiger charge is 2.27. The molecule has 0 aliphatic rings. The average Bonchev–Trinajstić information content (AvgIpc) is 2.78. The van der Waals surface area contributed by atoms with Gasteiger partial charge in [0.05, 0.1) is 12.2 Å². The smallest absolute Gasteiger partial charge is 0.355 e. The van der Waals surface area contributed by atoms with E-state index in [0.29, 0.717) is 30.0 Å². The van der Waals surface area contributed by atoms with Crippen LogP contribution in [0.4, 0.5) is 0 Å². The minimum absolute atomic E-state index is 0.0230. The van der Waals surface area contributed by atoms with Crippen LogP contribution in [0.25, 0.3) is 0 Å². The van der Waals surface area contributed by atoms with Crippen molar-refractivity contribution < 1.29 is 14.3 Å². The Balaban J connectivity index is 2.55. The molecule has 1 N–H and O–H groups in total. The van der Waals surface area contributed by atoms with E-state index in [1.54, 1.807) is 13.8 Å². The van der Waals surface area contributed by atoms with Gasteiger partial charge >= 0.3 is 5.97 Å². The van der Waals surface area contributed by atoms with Gasteiger partial charge in [-0.05, 0) is 45.7 Å². The number of carbonyl (C=O) groups excluding carboxylic acids is 2. The first kappa shape index (κ1) is 18.8. The molecule has 1 aromatic heterocycles. The summed E-state index contributed by atoms with van der Waals surface area (Å²) in [5.74, 6) is -0.565. The molecule has 1 aromatic carbocycles. The van der Waals surface area contributed by atoms with E-state index < -0.39 is 5.97 Å². The van der Waals surface area contributed by atoms with E-state index in [-0.39, 0.29) is 11.9 Å². The molecule has 1 heterocycles. The van der Waals surface area contributed by atoms with Crippen molar-refractivity contribution in [1.82, 2.24) is 9.88 Å². The zero-order valence-electron chi connectivity index (χ0n) is 15.6. The summed E-state index contributed by atoms with van der Waals surface area (Å²) in [5, 5.41) is 2.91. The largest absolute Gasteiger partial charge is 0.461 e. The number of benzene rings is 1. The number of esters is 1. The molecule has 0 saturated heterocycles. The fourth-order valence-corrected chi connectivity index (χ4v) is 2.99. The summed E-state index contributed by atoms with van der Waals surface area (Å²) in [6.45, 7) is 10.1. The second-order valence-corrected chi connectivity index (χ2v) is 6.35. The van der Waals surface area contributed by atoms with E-state index in [4.69, 9.17) is 4.74 Å². The Labute approximate surface area is 149 Å². The lowest BCUT2D eigenvalue weighted by Gasteiger charge is -2.12. The summed E-state index contributed by atoms with van der Waals surface area (Å²) in [4.78, 5) is 25.1. The number of amides is 1. The Hall–Kier alpha value is -2.56. The summed E-state index contributed by atoms with van der Waals surface area (Å²) in [5.41, 5.74) is 3.47. The average molecular weight is 342 g/mol. The predicted octanol–water partition coefficient (Wildman–Crippen LogP) is 3.47. The third kappa shape index (κ3) is 4.10. The van der Waals surface area contributed by atoms with Crippen molar-refractivity contribution in [3.05, 3.63) is 58.4 Å². The number of carbonyl (C=O) groups is 2. The van der Waals surface area contributed by atoms with Crippen LogP contribution < -0.4 is 5.32 Å². The molecule has 5 heteroatoms. The van der Waals surface area contributed by atoms with Crippen molar-refractivity contribution in [2.24, 2.45) is 0 Å². The zero-order chi connectivity index (χ0) is 18.6. The minimum atomic E-state index is -0.400. The van der Waals surface area contributed by atoms with Crippen molar-refractivity contribution in [2.45, 2.75) is 47.2 Å². The van der Waals surface area contributed by atoms with Crippen molar-refractivity contribution in [2.75, 3.05) is 6.61 Å². The van der Waals surface area contributed by atoms with E-state index in [1.165, 1.54) is 0 Å². The third-order valence-corrected chi connectivity index (χ3v) is 4.07. The summed E-state index contributed by atoms with van der Waals surface area (Å²) in [6.07, 6.45) is 0.